The highest BCUT2D eigenvalue weighted by Crippen LogP contribution is 2.39. The van der Waals surface area contributed by atoms with Gasteiger partial charge in [0.1, 0.15) is 25.1 Å². The maximum absolute atomic E-state index is 14.8. The second-order valence-corrected chi connectivity index (χ2v) is 6.96. The van der Waals surface area contributed by atoms with Crippen LogP contribution in [0.25, 0.3) is 11.2 Å². The number of imidazole rings is 1. The van der Waals surface area contributed by atoms with E-state index < -0.39 is 38.4 Å². The summed E-state index contributed by atoms with van der Waals surface area (Å²) >= 11 is 4.61. The highest BCUT2D eigenvalue weighted by molar-refractivity contribution is 8.00. The molecule has 25 heavy (non-hydrogen) atoms. The van der Waals surface area contributed by atoms with Crippen LogP contribution in [0.15, 0.2) is 25.3 Å². The van der Waals surface area contributed by atoms with Gasteiger partial charge in [-0.25, -0.2) is 14.4 Å². The molecule has 0 bridgehead atoms. The molecule has 136 valence electrons. The number of aromatic nitrogens is 4. The molecule has 5 atom stereocenters. The normalized spacial score (nSPS) is 27.5. The summed E-state index contributed by atoms with van der Waals surface area (Å²) in [4.78, 5) is 21.5. The summed E-state index contributed by atoms with van der Waals surface area (Å²) in [7, 11) is -2.57. The van der Waals surface area contributed by atoms with Gasteiger partial charge in [0.15, 0.2) is 30.7 Å². The minimum atomic E-state index is -2.57. The van der Waals surface area contributed by atoms with Gasteiger partial charge in [-0.3, -0.25) is 4.57 Å². The fourth-order valence-corrected chi connectivity index (χ4v) is 3.43. The number of alkyl halides is 1. The second kappa shape index (κ2) is 7.81. The molecule has 0 amide bonds. The van der Waals surface area contributed by atoms with Gasteiger partial charge in [-0.15, -0.1) is 0 Å². The van der Waals surface area contributed by atoms with E-state index in [4.69, 9.17) is 14.0 Å². The lowest BCUT2D eigenvalue weighted by atomic mass is 10.1. The van der Waals surface area contributed by atoms with E-state index in [-0.39, 0.29) is 12.5 Å². The Labute approximate surface area is 147 Å². The van der Waals surface area contributed by atoms with Crippen LogP contribution in [0.1, 0.15) is 6.23 Å². The lowest BCUT2D eigenvalue weighted by Crippen LogP contribution is -2.32. The molecule has 1 saturated heterocycles. The van der Waals surface area contributed by atoms with Crippen molar-refractivity contribution in [3.8, 4) is 5.88 Å². The third-order valence-corrected chi connectivity index (χ3v) is 4.38. The van der Waals surface area contributed by atoms with Crippen molar-refractivity contribution < 1.29 is 28.4 Å². The molecule has 3 heterocycles. The Kier molecular flexibility index (Phi) is 5.72. The van der Waals surface area contributed by atoms with Crippen LogP contribution in [0, 0.1) is 0 Å². The minimum absolute atomic E-state index is 0.229. The maximum atomic E-state index is 14.8. The largest absolute Gasteiger partial charge is 0.472 e. The number of hydrogen-bond donors (Lipinski definition) is 2. The highest BCUT2D eigenvalue weighted by Gasteiger charge is 2.47. The van der Waals surface area contributed by atoms with E-state index in [1.54, 1.807) is 6.08 Å². The van der Waals surface area contributed by atoms with Gasteiger partial charge in [-0.05, 0) is 11.8 Å². The van der Waals surface area contributed by atoms with Gasteiger partial charge < -0.3 is 24.0 Å². The summed E-state index contributed by atoms with van der Waals surface area (Å²) in [5.74, 6) is 0.231. The van der Waals surface area contributed by atoms with E-state index in [1.807, 2.05) is 0 Å². The first kappa shape index (κ1) is 18.3. The van der Waals surface area contributed by atoms with Crippen molar-refractivity contribution in [1.82, 2.24) is 19.5 Å². The van der Waals surface area contributed by atoms with Gasteiger partial charge in [0.2, 0.25) is 5.88 Å². The second-order valence-electron chi connectivity index (χ2n) is 5.14. The van der Waals surface area contributed by atoms with Crippen molar-refractivity contribution >= 4 is 30.1 Å². The quantitative estimate of drug-likeness (QED) is 0.516. The molecule has 3 unspecified atom stereocenters. The topological polar surface area (TPSA) is 112 Å². The summed E-state index contributed by atoms with van der Waals surface area (Å²) in [6.45, 7) is 3.30. The SMILES string of the molecule is C=CCOc1ncnc2c1ncn2C1OC(CO)[C@@H](O[PH](O)=S)[C@H]1F. The molecule has 0 radical (unpaired) electrons. The summed E-state index contributed by atoms with van der Waals surface area (Å²) in [5, 5.41) is 9.38. The fraction of sp³-hybridized carbons (Fsp3) is 0.462. The van der Waals surface area contributed by atoms with E-state index in [0.717, 1.165) is 0 Å². The van der Waals surface area contributed by atoms with Crippen molar-refractivity contribution in [2.24, 2.45) is 0 Å². The zero-order chi connectivity index (χ0) is 18.0. The predicted octanol–water partition coefficient (Wildman–Crippen LogP) is 0.502. The molecule has 1 aliphatic heterocycles. The summed E-state index contributed by atoms with van der Waals surface area (Å²) in [6.07, 6.45) is -0.821. The molecule has 1 aliphatic rings. The summed E-state index contributed by atoms with van der Waals surface area (Å²) < 4.78 is 32.1. The van der Waals surface area contributed by atoms with Crippen LogP contribution in [-0.2, 0) is 21.1 Å². The highest BCUT2D eigenvalue weighted by atomic mass is 32.4. The Morgan fingerprint density at radius 3 is 2.96 bits per heavy atom. The molecule has 3 rings (SSSR count). The van der Waals surface area contributed by atoms with Crippen molar-refractivity contribution in [1.29, 1.82) is 0 Å². The van der Waals surface area contributed by atoms with Gasteiger partial charge in [0, 0.05) is 0 Å². The fourth-order valence-electron chi connectivity index (χ4n) is 2.58. The standard InChI is InChI=1S/C13H16FN4O5PS/c1-2-3-21-12-9-11(15-5-16-12)18(6-17-9)13-8(14)10(23-24(20)25)7(4-19)22-13/h2,5-8,10,13,19,24H,1,3-4H2,(H,20,25)/t7?,8-,10-,13?/m1/s1. The first-order valence-electron chi connectivity index (χ1n) is 7.28. The monoisotopic (exact) mass is 390 g/mol. The number of aliphatic hydroxyl groups excluding tert-OH is 1. The molecule has 2 aromatic rings. The van der Waals surface area contributed by atoms with Crippen LogP contribution in [0.5, 0.6) is 5.88 Å². The van der Waals surface area contributed by atoms with Gasteiger partial charge in [-0.1, -0.05) is 12.7 Å². The summed E-state index contributed by atoms with van der Waals surface area (Å²) in [5.41, 5.74) is 0.632. The number of hydrogen-bond acceptors (Lipinski definition) is 8. The average Bonchev–Trinajstić information content (AvgIpc) is 3.15. The molecular formula is C13H16FN4O5PS. The Morgan fingerprint density at radius 1 is 1.48 bits per heavy atom. The third-order valence-electron chi connectivity index (χ3n) is 3.62. The average molecular weight is 390 g/mol. The number of fused-ring (bicyclic) bond motifs is 1. The van der Waals surface area contributed by atoms with E-state index in [2.05, 4.69) is 33.3 Å². The Morgan fingerprint density at radius 2 is 2.28 bits per heavy atom. The van der Waals surface area contributed by atoms with Crippen LogP contribution < -0.4 is 4.74 Å². The van der Waals surface area contributed by atoms with Crippen LogP contribution in [0.4, 0.5) is 4.39 Å². The van der Waals surface area contributed by atoms with Gasteiger partial charge in [-0.2, -0.15) is 4.98 Å². The van der Waals surface area contributed by atoms with Crippen molar-refractivity contribution in [3.63, 3.8) is 0 Å². The number of ether oxygens (including phenoxy) is 2. The number of rotatable bonds is 7. The first-order valence-corrected chi connectivity index (χ1v) is 9.76. The zero-order valence-corrected chi connectivity index (χ0v) is 14.7. The third kappa shape index (κ3) is 3.57. The Hall–Kier alpha value is -1.49. The summed E-state index contributed by atoms with van der Waals surface area (Å²) in [6, 6.07) is 0. The molecule has 2 aromatic heterocycles. The van der Waals surface area contributed by atoms with E-state index in [9.17, 15) is 14.4 Å². The number of nitrogens with zero attached hydrogens (tertiary/aromatic N) is 4. The van der Waals surface area contributed by atoms with Gasteiger partial charge in [0.25, 0.3) is 0 Å². The van der Waals surface area contributed by atoms with Crippen LogP contribution in [-0.4, -0.2) is 61.1 Å². The van der Waals surface area contributed by atoms with E-state index in [0.29, 0.717) is 11.2 Å². The molecule has 0 aliphatic carbocycles. The molecule has 9 nitrogen and oxygen atoms in total. The Balaban J connectivity index is 1.94. The maximum Gasteiger partial charge on any atom is 0.245 e. The van der Waals surface area contributed by atoms with Gasteiger partial charge >= 0.3 is 0 Å². The number of aliphatic hydroxyl groups is 1. The van der Waals surface area contributed by atoms with Crippen LogP contribution >= 0.6 is 7.15 Å². The lowest BCUT2D eigenvalue weighted by Gasteiger charge is -2.17. The van der Waals surface area contributed by atoms with Crippen molar-refractivity contribution in [2.75, 3.05) is 13.2 Å². The minimum Gasteiger partial charge on any atom is -0.472 e. The van der Waals surface area contributed by atoms with Crippen LogP contribution in [0.3, 0.4) is 0 Å². The van der Waals surface area contributed by atoms with E-state index in [1.165, 1.54) is 17.2 Å². The molecule has 0 aromatic carbocycles. The molecular weight excluding hydrogens is 374 g/mol. The zero-order valence-electron chi connectivity index (χ0n) is 12.9. The van der Waals surface area contributed by atoms with Crippen LogP contribution in [0.2, 0.25) is 0 Å². The molecule has 2 N–H and O–H groups in total. The molecule has 12 heteroatoms. The Bertz CT molecular complexity index is 793. The molecule has 0 saturated carbocycles. The molecule has 0 spiro atoms. The predicted molar refractivity (Wildman–Crippen MR) is 89.7 cm³/mol. The first-order chi connectivity index (χ1) is 12.1. The van der Waals surface area contributed by atoms with E-state index >= 15 is 0 Å². The lowest BCUT2D eigenvalue weighted by molar-refractivity contribution is -0.0430. The smallest absolute Gasteiger partial charge is 0.245 e. The van der Waals surface area contributed by atoms with Gasteiger partial charge in [0.05, 0.1) is 12.9 Å². The van der Waals surface area contributed by atoms with Crippen molar-refractivity contribution in [3.05, 3.63) is 25.3 Å². The van der Waals surface area contributed by atoms with Crippen molar-refractivity contribution in [2.45, 2.75) is 24.6 Å². The molecule has 1 fully saturated rings. The number of halogens is 1.